The molecule has 0 amide bonds. The first-order valence-corrected chi connectivity index (χ1v) is 3.58. The topological polar surface area (TPSA) is 20.2 Å². The predicted molar refractivity (Wildman–Crippen MR) is 44.9 cm³/mol. The maximum absolute atomic E-state index is 8.54. The molecule has 0 aromatic carbocycles. The molecule has 0 saturated heterocycles. The van der Waals surface area contributed by atoms with E-state index in [2.05, 4.69) is 19.9 Å². The zero-order valence-corrected chi connectivity index (χ0v) is 7.02. The molecular formula is C9H16O. The second-order valence-corrected chi connectivity index (χ2v) is 2.73. The maximum Gasteiger partial charge on any atom is 0.0468 e. The van der Waals surface area contributed by atoms with Gasteiger partial charge in [0, 0.05) is 6.61 Å². The Bertz CT molecular complexity index is 139. The Morgan fingerprint density at radius 2 is 1.80 bits per heavy atom. The molecule has 0 aliphatic carbocycles. The van der Waals surface area contributed by atoms with Crippen molar-refractivity contribution in [1.82, 2.24) is 0 Å². The van der Waals surface area contributed by atoms with Crippen molar-refractivity contribution in [1.29, 1.82) is 0 Å². The fraction of sp³-hybridized carbons (Fsp3) is 0.556. The van der Waals surface area contributed by atoms with E-state index < -0.39 is 0 Å². The van der Waals surface area contributed by atoms with Gasteiger partial charge >= 0.3 is 0 Å². The van der Waals surface area contributed by atoms with Crippen LogP contribution in [0.4, 0.5) is 0 Å². The average Bonchev–Trinajstić information content (AvgIpc) is 1.85. The Kier molecular flexibility index (Phi) is 4.95. The van der Waals surface area contributed by atoms with E-state index in [0.29, 0.717) is 0 Å². The van der Waals surface area contributed by atoms with E-state index in [1.54, 1.807) is 0 Å². The first-order valence-electron chi connectivity index (χ1n) is 3.58. The van der Waals surface area contributed by atoms with E-state index in [1.165, 1.54) is 11.1 Å². The van der Waals surface area contributed by atoms with Gasteiger partial charge in [-0.05, 0) is 27.2 Å². The van der Waals surface area contributed by atoms with E-state index >= 15 is 0 Å². The van der Waals surface area contributed by atoms with Crippen LogP contribution in [0.3, 0.4) is 0 Å². The second kappa shape index (κ2) is 5.24. The Hall–Kier alpha value is -0.560. The molecule has 0 unspecified atom stereocenters. The standard InChI is InChI=1S/C9H16O/c1-8(2)4-5-9(3)6-7-10/h4-5,10H,6-7H2,1-3H3. The minimum Gasteiger partial charge on any atom is -0.396 e. The van der Waals surface area contributed by atoms with Crippen LogP contribution in [0, 0.1) is 0 Å². The van der Waals surface area contributed by atoms with Crippen LogP contribution in [0.25, 0.3) is 0 Å². The molecule has 0 rings (SSSR count). The molecule has 0 atom stereocenters. The summed E-state index contributed by atoms with van der Waals surface area (Å²) in [7, 11) is 0. The lowest BCUT2D eigenvalue weighted by Gasteiger charge is -1.93. The fourth-order valence-electron chi connectivity index (χ4n) is 0.569. The van der Waals surface area contributed by atoms with Gasteiger partial charge in [-0.15, -0.1) is 0 Å². The van der Waals surface area contributed by atoms with E-state index in [4.69, 9.17) is 5.11 Å². The van der Waals surface area contributed by atoms with Crippen molar-refractivity contribution in [2.45, 2.75) is 27.2 Å². The van der Waals surface area contributed by atoms with Gasteiger partial charge < -0.3 is 5.11 Å². The lowest BCUT2D eigenvalue weighted by Crippen LogP contribution is -1.82. The summed E-state index contributed by atoms with van der Waals surface area (Å²) in [5.41, 5.74) is 2.51. The third-order valence-corrected chi connectivity index (χ3v) is 1.21. The van der Waals surface area contributed by atoms with Crippen molar-refractivity contribution in [2.24, 2.45) is 0 Å². The third kappa shape index (κ3) is 5.57. The lowest BCUT2D eigenvalue weighted by molar-refractivity contribution is 0.299. The van der Waals surface area contributed by atoms with Gasteiger partial charge in [0.2, 0.25) is 0 Å². The van der Waals surface area contributed by atoms with Gasteiger partial charge in [0.05, 0.1) is 0 Å². The number of aliphatic hydroxyl groups excluding tert-OH is 1. The van der Waals surface area contributed by atoms with Crippen LogP contribution in [0.15, 0.2) is 23.3 Å². The summed E-state index contributed by atoms with van der Waals surface area (Å²) in [5.74, 6) is 0. The Morgan fingerprint density at radius 3 is 2.20 bits per heavy atom. The molecule has 0 aromatic rings. The number of aliphatic hydroxyl groups is 1. The average molecular weight is 140 g/mol. The van der Waals surface area contributed by atoms with Gasteiger partial charge in [-0.1, -0.05) is 23.3 Å². The van der Waals surface area contributed by atoms with Gasteiger partial charge in [-0.2, -0.15) is 0 Å². The van der Waals surface area contributed by atoms with Crippen LogP contribution >= 0.6 is 0 Å². The highest BCUT2D eigenvalue weighted by atomic mass is 16.2. The third-order valence-electron chi connectivity index (χ3n) is 1.21. The first-order chi connectivity index (χ1) is 4.66. The minimum atomic E-state index is 0.249. The molecule has 1 heteroatoms. The molecule has 0 saturated carbocycles. The number of hydrogen-bond donors (Lipinski definition) is 1. The molecule has 0 radical (unpaired) electrons. The Morgan fingerprint density at radius 1 is 1.20 bits per heavy atom. The number of allylic oxidation sites excluding steroid dienone is 3. The SMILES string of the molecule is CC(C)=CC=C(C)CCO. The second-order valence-electron chi connectivity index (χ2n) is 2.73. The molecule has 1 N–H and O–H groups in total. The van der Waals surface area contributed by atoms with Crippen molar-refractivity contribution in [3.8, 4) is 0 Å². The molecule has 0 aliphatic rings. The Labute approximate surface area is 63.1 Å². The van der Waals surface area contributed by atoms with Gasteiger partial charge in [0.15, 0.2) is 0 Å². The molecule has 0 aromatic heterocycles. The van der Waals surface area contributed by atoms with E-state index in [0.717, 1.165) is 6.42 Å². The molecule has 0 fully saturated rings. The zero-order chi connectivity index (χ0) is 7.98. The number of rotatable bonds is 3. The van der Waals surface area contributed by atoms with Crippen LogP contribution in [0.1, 0.15) is 27.2 Å². The van der Waals surface area contributed by atoms with Crippen molar-refractivity contribution in [3.05, 3.63) is 23.3 Å². The highest BCUT2D eigenvalue weighted by Crippen LogP contribution is 2.00. The van der Waals surface area contributed by atoms with Crippen LogP contribution in [-0.4, -0.2) is 11.7 Å². The molecule has 58 valence electrons. The summed E-state index contributed by atoms with van der Waals surface area (Å²) in [4.78, 5) is 0. The van der Waals surface area contributed by atoms with Gasteiger partial charge in [0.25, 0.3) is 0 Å². The molecular weight excluding hydrogens is 124 g/mol. The molecule has 10 heavy (non-hydrogen) atoms. The smallest absolute Gasteiger partial charge is 0.0468 e. The van der Waals surface area contributed by atoms with E-state index in [-0.39, 0.29) is 6.61 Å². The van der Waals surface area contributed by atoms with E-state index in [1.807, 2.05) is 13.0 Å². The first kappa shape index (κ1) is 9.44. The minimum absolute atomic E-state index is 0.249. The summed E-state index contributed by atoms with van der Waals surface area (Å²) in [6, 6.07) is 0. The molecule has 0 heterocycles. The molecule has 0 aliphatic heterocycles. The Balaban J connectivity index is 3.79. The van der Waals surface area contributed by atoms with Crippen molar-refractivity contribution >= 4 is 0 Å². The quantitative estimate of drug-likeness (QED) is 0.596. The van der Waals surface area contributed by atoms with Crippen molar-refractivity contribution in [3.63, 3.8) is 0 Å². The molecule has 1 nitrogen and oxygen atoms in total. The molecule has 0 bridgehead atoms. The largest absolute Gasteiger partial charge is 0.396 e. The van der Waals surface area contributed by atoms with E-state index in [9.17, 15) is 0 Å². The van der Waals surface area contributed by atoms with Crippen LogP contribution in [-0.2, 0) is 0 Å². The highest BCUT2D eigenvalue weighted by molar-refractivity contribution is 5.13. The lowest BCUT2D eigenvalue weighted by atomic mass is 10.2. The van der Waals surface area contributed by atoms with Crippen LogP contribution in [0.2, 0.25) is 0 Å². The summed E-state index contributed by atoms with van der Waals surface area (Å²) < 4.78 is 0. The fourth-order valence-corrected chi connectivity index (χ4v) is 0.569. The van der Waals surface area contributed by atoms with Gasteiger partial charge in [-0.3, -0.25) is 0 Å². The van der Waals surface area contributed by atoms with Gasteiger partial charge in [0.1, 0.15) is 0 Å². The summed E-state index contributed by atoms with van der Waals surface area (Å²) >= 11 is 0. The van der Waals surface area contributed by atoms with Crippen LogP contribution < -0.4 is 0 Å². The highest BCUT2D eigenvalue weighted by Gasteiger charge is 1.83. The number of hydrogen-bond acceptors (Lipinski definition) is 1. The van der Waals surface area contributed by atoms with Gasteiger partial charge in [-0.25, -0.2) is 0 Å². The van der Waals surface area contributed by atoms with Crippen molar-refractivity contribution < 1.29 is 5.11 Å². The maximum atomic E-state index is 8.54. The monoisotopic (exact) mass is 140 g/mol. The summed E-state index contributed by atoms with van der Waals surface area (Å²) in [6.45, 7) is 6.39. The molecule has 0 spiro atoms. The summed E-state index contributed by atoms with van der Waals surface area (Å²) in [5, 5.41) is 8.54. The summed E-state index contributed by atoms with van der Waals surface area (Å²) in [6.07, 6.45) is 4.89. The normalized spacial score (nSPS) is 11.4. The van der Waals surface area contributed by atoms with Crippen LogP contribution in [0.5, 0.6) is 0 Å². The zero-order valence-electron chi connectivity index (χ0n) is 7.02. The predicted octanol–water partition coefficient (Wildman–Crippen LogP) is 2.28. The van der Waals surface area contributed by atoms with Crippen molar-refractivity contribution in [2.75, 3.05) is 6.61 Å².